The van der Waals surface area contributed by atoms with Gasteiger partial charge in [-0.05, 0) is 36.3 Å². The summed E-state index contributed by atoms with van der Waals surface area (Å²) >= 11 is 0. The van der Waals surface area contributed by atoms with Crippen molar-refractivity contribution in [2.24, 2.45) is 0 Å². The molecular formula is C22H19F3N4O2. The van der Waals surface area contributed by atoms with Gasteiger partial charge < -0.3 is 15.0 Å². The van der Waals surface area contributed by atoms with Crippen LogP contribution in [0.1, 0.15) is 11.1 Å². The van der Waals surface area contributed by atoms with Crippen molar-refractivity contribution < 1.29 is 22.7 Å². The molecule has 31 heavy (non-hydrogen) atoms. The highest BCUT2D eigenvalue weighted by atomic mass is 19.4. The van der Waals surface area contributed by atoms with Gasteiger partial charge in [0.1, 0.15) is 18.8 Å². The summed E-state index contributed by atoms with van der Waals surface area (Å²) in [5.74, 6) is 0.739. The van der Waals surface area contributed by atoms with Crippen LogP contribution in [0.3, 0.4) is 0 Å². The first-order chi connectivity index (χ1) is 14.9. The second-order valence-electron chi connectivity index (χ2n) is 6.95. The number of benzene rings is 2. The van der Waals surface area contributed by atoms with E-state index in [0.29, 0.717) is 59.8 Å². The predicted molar refractivity (Wildman–Crippen MR) is 111 cm³/mol. The molecule has 160 valence electrons. The molecule has 0 bridgehead atoms. The third kappa shape index (κ3) is 4.16. The molecule has 0 saturated carbocycles. The Morgan fingerprint density at radius 3 is 2.87 bits per heavy atom. The number of carbonyl (C=O) groups is 1. The Labute approximate surface area is 176 Å². The summed E-state index contributed by atoms with van der Waals surface area (Å²) in [4.78, 5) is 22.3. The SMILES string of the molecule is C=CC(=O)N1CCOc2c1ccc1ncnc(NCCc3cccc(C(F)(F)F)c3)c21. The van der Waals surface area contributed by atoms with Crippen LogP contribution in [0.2, 0.25) is 0 Å². The van der Waals surface area contributed by atoms with E-state index in [1.165, 1.54) is 18.5 Å². The predicted octanol–water partition coefficient (Wildman–Crippen LogP) is 4.21. The van der Waals surface area contributed by atoms with Crippen LogP contribution in [0.4, 0.5) is 24.7 Å². The van der Waals surface area contributed by atoms with Crippen LogP contribution in [0.15, 0.2) is 55.4 Å². The lowest BCUT2D eigenvalue weighted by atomic mass is 10.1. The minimum Gasteiger partial charge on any atom is -0.489 e. The maximum atomic E-state index is 12.9. The van der Waals surface area contributed by atoms with E-state index < -0.39 is 11.7 Å². The summed E-state index contributed by atoms with van der Waals surface area (Å²) in [6, 6.07) is 8.77. The summed E-state index contributed by atoms with van der Waals surface area (Å²) in [6.45, 7) is 4.60. The second kappa shape index (κ2) is 8.25. The summed E-state index contributed by atoms with van der Waals surface area (Å²) < 4.78 is 44.6. The highest BCUT2D eigenvalue weighted by Gasteiger charge is 2.30. The zero-order valence-electron chi connectivity index (χ0n) is 16.4. The van der Waals surface area contributed by atoms with Crippen LogP contribution in [-0.2, 0) is 17.4 Å². The van der Waals surface area contributed by atoms with E-state index in [1.54, 1.807) is 23.1 Å². The number of aromatic nitrogens is 2. The van der Waals surface area contributed by atoms with Crippen LogP contribution in [0, 0.1) is 0 Å². The molecule has 0 saturated heterocycles. The Morgan fingerprint density at radius 1 is 1.26 bits per heavy atom. The molecule has 1 aliphatic heterocycles. The monoisotopic (exact) mass is 428 g/mol. The van der Waals surface area contributed by atoms with Crippen LogP contribution in [0.25, 0.3) is 10.9 Å². The van der Waals surface area contributed by atoms with Gasteiger partial charge in [-0.15, -0.1) is 0 Å². The molecule has 1 N–H and O–H groups in total. The average Bonchev–Trinajstić information content (AvgIpc) is 2.77. The van der Waals surface area contributed by atoms with Gasteiger partial charge in [0.15, 0.2) is 5.75 Å². The molecule has 9 heteroatoms. The maximum Gasteiger partial charge on any atom is 0.416 e. The number of hydrogen-bond acceptors (Lipinski definition) is 5. The molecular weight excluding hydrogens is 409 g/mol. The lowest BCUT2D eigenvalue weighted by Crippen LogP contribution is -2.36. The molecule has 3 aromatic rings. The number of hydrogen-bond donors (Lipinski definition) is 1. The first kappa shape index (κ1) is 20.6. The van der Waals surface area contributed by atoms with E-state index in [2.05, 4.69) is 21.9 Å². The van der Waals surface area contributed by atoms with Gasteiger partial charge in [-0.25, -0.2) is 9.97 Å². The normalized spacial score (nSPS) is 13.5. The Kier molecular flexibility index (Phi) is 5.50. The number of amides is 1. The molecule has 0 atom stereocenters. The Bertz CT molecular complexity index is 1150. The lowest BCUT2D eigenvalue weighted by molar-refractivity contribution is -0.137. The number of nitrogens with zero attached hydrogens (tertiary/aromatic N) is 3. The van der Waals surface area contributed by atoms with Gasteiger partial charge in [-0.3, -0.25) is 4.79 Å². The Morgan fingerprint density at radius 2 is 2.10 bits per heavy atom. The van der Waals surface area contributed by atoms with Crippen molar-refractivity contribution in [1.82, 2.24) is 9.97 Å². The molecule has 0 spiro atoms. The van der Waals surface area contributed by atoms with Crippen molar-refractivity contribution in [2.75, 3.05) is 29.9 Å². The molecule has 1 aromatic heterocycles. The van der Waals surface area contributed by atoms with Gasteiger partial charge >= 0.3 is 6.18 Å². The Balaban J connectivity index is 1.60. The number of nitrogens with one attached hydrogen (secondary N) is 1. The van der Waals surface area contributed by atoms with Gasteiger partial charge in [0, 0.05) is 6.54 Å². The molecule has 4 rings (SSSR count). The highest BCUT2D eigenvalue weighted by Crippen LogP contribution is 2.40. The topological polar surface area (TPSA) is 67.4 Å². The van der Waals surface area contributed by atoms with Crippen molar-refractivity contribution in [3.05, 3.63) is 66.5 Å². The fourth-order valence-electron chi connectivity index (χ4n) is 3.53. The number of rotatable bonds is 5. The van der Waals surface area contributed by atoms with E-state index in [1.807, 2.05) is 0 Å². The number of halogens is 3. The van der Waals surface area contributed by atoms with Gasteiger partial charge in [-0.1, -0.05) is 24.8 Å². The maximum absolute atomic E-state index is 12.9. The minimum absolute atomic E-state index is 0.236. The number of ether oxygens (including phenoxy) is 1. The van der Waals surface area contributed by atoms with E-state index in [0.717, 1.165) is 12.1 Å². The van der Waals surface area contributed by atoms with Crippen molar-refractivity contribution in [2.45, 2.75) is 12.6 Å². The van der Waals surface area contributed by atoms with Crippen molar-refractivity contribution in [3.8, 4) is 5.75 Å². The molecule has 2 heterocycles. The van der Waals surface area contributed by atoms with E-state index in [4.69, 9.17) is 4.74 Å². The van der Waals surface area contributed by atoms with Crippen LogP contribution in [-0.4, -0.2) is 35.6 Å². The third-order valence-corrected chi connectivity index (χ3v) is 4.99. The minimum atomic E-state index is -4.38. The summed E-state index contributed by atoms with van der Waals surface area (Å²) in [6.07, 6.45) is -1.37. The van der Waals surface area contributed by atoms with Gasteiger partial charge in [0.2, 0.25) is 0 Å². The fraction of sp³-hybridized carbons (Fsp3) is 0.227. The molecule has 0 unspecified atom stereocenters. The highest BCUT2D eigenvalue weighted by molar-refractivity contribution is 6.07. The van der Waals surface area contributed by atoms with Crippen LogP contribution < -0.4 is 15.0 Å². The zero-order chi connectivity index (χ0) is 22.0. The van der Waals surface area contributed by atoms with Gasteiger partial charge in [-0.2, -0.15) is 13.2 Å². The van der Waals surface area contributed by atoms with Gasteiger partial charge in [0.25, 0.3) is 5.91 Å². The largest absolute Gasteiger partial charge is 0.489 e. The summed E-state index contributed by atoms with van der Waals surface area (Å²) in [5, 5.41) is 3.78. The zero-order valence-corrected chi connectivity index (χ0v) is 16.4. The quantitative estimate of drug-likeness (QED) is 0.617. The number of carbonyl (C=O) groups excluding carboxylic acids is 1. The van der Waals surface area contributed by atoms with Crippen molar-refractivity contribution in [1.29, 1.82) is 0 Å². The lowest BCUT2D eigenvalue weighted by Gasteiger charge is -2.29. The standard InChI is InChI=1S/C22H19F3N4O2/c1-2-18(30)29-10-11-31-20-17(29)7-6-16-19(20)21(28-13-27-16)26-9-8-14-4-3-5-15(12-14)22(23,24)25/h2-7,12-13H,1,8-11H2,(H,26,27,28). The van der Waals surface area contributed by atoms with E-state index >= 15 is 0 Å². The number of alkyl halides is 3. The second-order valence-corrected chi connectivity index (χ2v) is 6.95. The molecule has 1 aliphatic rings. The molecule has 2 aromatic carbocycles. The summed E-state index contributed by atoms with van der Waals surface area (Å²) in [7, 11) is 0. The average molecular weight is 428 g/mol. The molecule has 0 radical (unpaired) electrons. The number of fused-ring (bicyclic) bond motifs is 3. The summed E-state index contributed by atoms with van der Waals surface area (Å²) in [5.41, 5.74) is 1.11. The third-order valence-electron chi connectivity index (χ3n) is 4.99. The van der Waals surface area contributed by atoms with E-state index in [9.17, 15) is 18.0 Å². The van der Waals surface area contributed by atoms with E-state index in [-0.39, 0.29) is 5.91 Å². The number of anilines is 2. The van der Waals surface area contributed by atoms with Crippen LogP contribution >= 0.6 is 0 Å². The van der Waals surface area contributed by atoms with Gasteiger partial charge in [0.05, 0.1) is 28.7 Å². The van der Waals surface area contributed by atoms with Crippen molar-refractivity contribution >= 4 is 28.3 Å². The first-order valence-corrected chi connectivity index (χ1v) is 9.63. The molecule has 0 aliphatic carbocycles. The molecule has 0 fully saturated rings. The Hall–Kier alpha value is -3.62. The first-order valence-electron chi connectivity index (χ1n) is 9.63. The molecule has 1 amide bonds. The van der Waals surface area contributed by atoms with Crippen LogP contribution in [0.5, 0.6) is 5.75 Å². The fourth-order valence-corrected chi connectivity index (χ4v) is 3.53. The smallest absolute Gasteiger partial charge is 0.416 e. The molecule has 6 nitrogen and oxygen atoms in total. The van der Waals surface area contributed by atoms with Crippen molar-refractivity contribution in [3.63, 3.8) is 0 Å².